The molecular formula is C15H16FN3O4. The van der Waals surface area contributed by atoms with Gasteiger partial charge in [0, 0.05) is 12.3 Å². The van der Waals surface area contributed by atoms with Crippen molar-refractivity contribution in [3.63, 3.8) is 0 Å². The third-order valence-corrected chi connectivity index (χ3v) is 2.91. The molecule has 1 heterocycles. The van der Waals surface area contributed by atoms with E-state index in [1.165, 1.54) is 41.2 Å². The minimum atomic E-state index is -1.23. The number of aromatic nitrogens is 2. The summed E-state index contributed by atoms with van der Waals surface area (Å²) in [7, 11) is 0. The first-order chi connectivity index (χ1) is 10.8. The van der Waals surface area contributed by atoms with Crippen LogP contribution in [0.2, 0.25) is 0 Å². The zero-order valence-electron chi connectivity index (χ0n) is 12.6. The highest BCUT2D eigenvalue weighted by Crippen LogP contribution is 2.20. The SMILES string of the molecule is CC(C)(Oc1ccc(F)cc1)C(=O)Nc1ccn(CC(=O)O)n1. The molecule has 1 aromatic heterocycles. The van der Waals surface area contributed by atoms with E-state index in [4.69, 9.17) is 9.84 Å². The minimum Gasteiger partial charge on any atom is -0.480 e. The van der Waals surface area contributed by atoms with Gasteiger partial charge in [0.1, 0.15) is 18.1 Å². The van der Waals surface area contributed by atoms with Gasteiger partial charge in [0.15, 0.2) is 11.4 Å². The number of anilines is 1. The Balaban J connectivity index is 2.01. The smallest absolute Gasteiger partial charge is 0.325 e. The Morgan fingerprint density at radius 2 is 1.96 bits per heavy atom. The highest BCUT2D eigenvalue weighted by molar-refractivity contribution is 5.96. The van der Waals surface area contributed by atoms with Crippen molar-refractivity contribution in [3.05, 3.63) is 42.3 Å². The Morgan fingerprint density at radius 3 is 2.57 bits per heavy atom. The van der Waals surface area contributed by atoms with E-state index in [2.05, 4.69) is 10.4 Å². The number of hydrogen-bond donors (Lipinski definition) is 2. The zero-order valence-corrected chi connectivity index (χ0v) is 12.6. The number of halogens is 1. The molecule has 0 unspecified atom stereocenters. The van der Waals surface area contributed by atoms with E-state index >= 15 is 0 Å². The molecule has 2 N–H and O–H groups in total. The molecule has 0 saturated heterocycles. The number of carbonyl (C=O) groups is 2. The van der Waals surface area contributed by atoms with Crippen molar-refractivity contribution < 1.29 is 23.8 Å². The normalized spacial score (nSPS) is 11.1. The van der Waals surface area contributed by atoms with Crippen molar-refractivity contribution in [2.45, 2.75) is 26.0 Å². The Kier molecular flexibility index (Phi) is 4.63. The lowest BCUT2D eigenvalue weighted by Gasteiger charge is -2.24. The number of ether oxygens (including phenoxy) is 1. The molecule has 1 amide bonds. The van der Waals surface area contributed by atoms with Crippen molar-refractivity contribution in [1.29, 1.82) is 0 Å². The second-order valence-corrected chi connectivity index (χ2v) is 5.31. The van der Waals surface area contributed by atoms with Crippen molar-refractivity contribution in [3.8, 4) is 5.75 Å². The molecule has 2 aromatic rings. The lowest BCUT2D eigenvalue weighted by atomic mass is 10.1. The largest absolute Gasteiger partial charge is 0.480 e. The molecule has 0 bridgehead atoms. The molecule has 0 aliphatic carbocycles. The summed E-state index contributed by atoms with van der Waals surface area (Å²) in [5.41, 5.74) is -1.23. The standard InChI is InChI=1S/C15H16FN3O4/c1-15(2,23-11-5-3-10(16)4-6-11)14(22)17-12-7-8-19(18-12)9-13(20)21/h3-8H,9H2,1-2H3,(H,20,21)(H,17,18,22). The molecule has 23 heavy (non-hydrogen) atoms. The zero-order chi connectivity index (χ0) is 17.0. The molecule has 2 rings (SSSR count). The summed E-state index contributed by atoms with van der Waals surface area (Å²) in [5, 5.41) is 15.1. The number of hydrogen-bond acceptors (Lipinski definition) is 4. The lowest BCUT2D eigenvalue weighted by Crippen LogP contribution is -2.42. The van der Waals surface area contributed by atoms with Gasteiger partial charge < -0.3 is 15.2 Å². The van der Waals surface area contributed by atoms with Crippen LogP contribution in [0.1, 0.15) is 13.8 Å². The molecule has 7 nitrogen and oxygen atoms in total. The summed E-state index contributed by atoms with van der Waals surface area (Å²) in [6.07, 6.45) is 1.44. The van der Waals surface area contributed by atoms with E-state index < -0.39 is 23.3 Å². The fourth-order valence-corrected chi connectivity index (χ4v) is 1.77. The van der Waals surface area contributed by atoms with Crippen molar-refractivity contribution >= 4 is 17.7 Å². The van der Waals surface area contributed by atoms with Gasteiger partial charge in [0.25, 0.3) is 5.91 Å². The first-order valence-corrected chi connectivity index (χ1v) is 6.77. The number of carbonyl (C=O) groups excluding carboxylic acids is 1. The molecule has 0 aliphatic rings. The summed E-state index contributed by atoms with van der Waals surface area (Å²) < 4.78 is 19.6. The summed E-state index contributed by atoms with van der Waals surface area (Å²) in [5.74, 6) is -1.34. The van der Waals surface area contributed by atoms with Crippen LogP contribution in [0.3, 0.4) is 0 Å². The van der Waals surface area contributed by atoms with Crippen LogP contribution in [0.4, 0.5) is 10.2 Å². The fourth-order valence-electron chi connectivity index (χ4n) is 1.77. The number of aliphatic carboxylic acids is 1. The Bertz CT molecular complexity index is 710. The summed E-state index contributed by atoms with van der Waals surface area (Å²) in [6.45, 7) is 2.81. The Morgan fingerprint density at radius 1 is 1.30 bits per heavy atom. The number of amides is 1. The van der Waals surface area contributed by atoms with Crippen LogP contribution < -0.4 is 10.1 Å². The van der Waals surface area contributed by atoms with E-state index in [9.17, 15) is 14.0 Å². The van der Waals surface area contributed by atoms with E-state index in [-0.39, 0.29) is 12.4 Å². The maximum Gasteiger partial charge on any atom is 0.325 e. The molecule has 122 valence electrons. The van der Waals surface area contributed by atoms with Crippen LogP contribution in [-0.4, -0.2) is 32.4 Å². The Hall–Kier alpha value is -2.90. The molecule has 0 atom stereocenters. The average molecular weight is 321 g/mol. The van der Waals surface area contributed by atoms with Gasteiger partial charge in [-0.25, -0.2) is 4.39 Å². The predicted molar refractivity (Wildman–Crippen MR) is 79.6 cm³/mol. The first-order valence-electron chi connectivity index (χ1n) is 6.77. The number of nitrogens with zero attached hydrogens (tertiary/aromatic N) is 2. The predicted octanol–water partition coefficient (Wildman–Crippen LogP) is 1.90. The molecule has 0 spiro atoms. The second kappa shape index (κ2) is 6.47. The van der Waals surface area contributed by atoms with E-state index in [1.54, 1.807) is 13.8 Å². The summed E-state index contributed by atoms with van der Waals surface area (Å²) >= 11 is 0. The number of carboxylic acids is 1. The third kappa shape index (κ3) is 4.53. The molecule has 8 heteroatoms. The van der Waals surface area contributed by atoms with Gasteiger partial charge in [0.2, 0.25) is 0 Å². The topological polar surface area (TPSA) is 93.5 Å². The molecule has 0 saturated carbocycles. The van der Waals surface area contributed by atoms with Gasteiger partial charge in [-0.3, -0.25) is 14.3 Å². The van der Waals surface area contributed by atoms with Crippen LogP contribution >= 0.6 is 0 Å². The van der Waals surface area contributed by atoms with Crippen LogP contribution in [-0.2, 0) is 16.1 Å². The average Bonchev–Trinajstić information content (AvgIpc) is 2.87. The van der Waals surface area contributed by atoms with Gasteiger partial charge in [-0.15, -0.1) is 0 Å². The molecule has 0 radical (unpaired) electrons. The van der Waals surface area contributed by atoms with Crippen LogP contribution in [0.15, 0.2) is 36.5 Å². The van der Waals surface area contributed by atoms with Gasteiger partial charge in [0.05, 0.1) is 0 Å². The third-order valence-electron chi connectivity index (χ3n) is 2.91. The van der Waals surface area contributed by atoms with Crippen molar-refractivity contribution in [2.24, 2.45) is 0 Å². The van der Waals surface area contributed by atoms with Gasteiger partial charge in [-0.1, -0.05) is 0 Å². The quantitative estimate of drug-likeness (QED) is 0.847. The molecule has 0 aliphatic heterocycles. The van der Waals surface area contributed by atoms with Crippen molar-refractivity contribution in [1.82, 2.24) is 9.78 Å². The molecule has 1 aromatic carbocycles. The van der Waals surface area contributed by atoms with Gasteiger partial charge >= 0.3 is 5.97 Å². The number of benzene rings is 1. The first kappa shape index (κ1) is 16.5. The van der Waals surface area contributed by atoms with E-state index in [0.717, 1.165) is 0 Å². The van der Waals surface area contributed by atoms with Crippen molar-refractivity contribution in [2.75, 3.05) is 5.32 Å². The number of carboxylic acid groups (broad SMARTS) is 1. The summed E-state index contributed by atoms with van der Waals surface area (Å²) in [4.78, 5) is 22.9. The molecule has 0 fully saturated rings. The second-order valence-electron chi connectivity index (χ2n) is 5.31. The van der Waals surface area contributed by atoms with Gasteiger partial charge in [-0.2, -0.15) is 5.10 Å². The van der Waals surface area contributed by atoms with Crippen LogP contribution in [0, 0.1) is 5.82 Å². The maximum atomic E-state index is 12.9. The van der Waals surface area contributed by atoms with E-state index in [1.807, 2.05) is 0 Å². The highest BCUT2D eigenvalue weighted by atomic mass is 19.1. The number of nitrogens with one attached hydrogen (secondary N) is 1. The fraction of sp³-hybridized carbons (Fsp3) is 0.267. The molecular weight excluding hydrogens is 305 g/mol. The number of rotatable bonds is 6. The minimum absolute atomic E-state index is 0.215. The Labute approximate surface area is 131 Å². The van der Waals surface area contributed by atoms with E-state index in [0.29, 0.717) is 5.75 Å². The lowest BCUT2D eigenvalue weighted by molar-refractivity contribution is -0.137. The van der Waals surface area contributed by atoms with Gasteiger partial charge in [-0.05, 0) is 38.1 Å². The summed E-state index contributed by atoms with van der Waals surface area (Å²) in [6, 6.07) is 6.79. The van der Waals surface area contributed by atoms with Crippen LogP contribution in [0.5, 0.6) is 5.75 Å². The maximum absolute atomic E-state index is 12.9. The van der Waals surface area contributed by atoms with Crippen LogP contribution in [0.25, 0.3) is 0 Å². The monoisotopic (exact) mass is 321 g/mol. The highest BCUT2D eigenvalue weighted by Gasteiger charge is 2.30.